The van der Waals surface area contributed by atoms with Crippen molar-refractivity contribution in [2.24, 2.45) is 0 Å². The van der Waals surface area contributed by atoms with Crippen molar-refractivity contribution < 1.29 is 9.72 Å². The summed E-state index contributed by atoms with van der Waals surface area (Å²) in [5.74, 6) is 0.739. The molecule has 0 atom stereocenters. The molecule has 4 rings (SSSR count). The molecule has 138 valence electrons. The Hall–Kier alpha value is -3.49. The third-order valence-electron chi connectivity index (χ3n) is 4.65. The van der Waals surface area contributed by atoms with Gasteiger partial charge in [-0.15, -0.1) is 0 Å². The molecule has 0 N–H and O–H groups in total. The first-order valence-electron chi connectivity index (χ1n) is 8.66. The molecular weight excluding hydrogens is 348 g/mol. The zero-order chi connectivity index (χ0) is 18.8. The molecule has 0 radical (unpaired) electrons. The normalized spacial score (nSPS) is 14.5. The Morgan fingerprint density at radius 1 is 1.15 bits per heavy atom. The Kier molecular flexibility index (Phi) is 4.41. The number of pyridine rings is 2. The van der Waals surface area contributed by atoms with Crippen LogP contribution in [0.5, 0.6) is 0 Å². The highest BCUT2D eigenvalue weighted by Gasteiger charge is 2.23. The molecule has 1 fully saturated rings. The van der Waals surface area contributed by atoms with Crippen LogP contribution in [0.3, 0.4) is 0 Å². The fraction of sp³-hybridized carbons (Fsp3) is 0.278. The molecule has 0 spiro atoms. The summed E-state index contributed by atoms with van der Waals surface area (Å²) in [5.41, 5.74) is 1.56. The molecule has 1 amide bonds. The van der Waals surface area contributed by atoms with Gasteiger partial charge in [0.25, 0.3) is 5.69 Å². The van der Waals surface area contributed by atoms with E-state index < -0.39 is 4.92 Å². The Labute approximate surface area is 155 Å². The first-order chi connectivity index (χ1) is 13.1. The van der Waals surface area contributed by atoms with Crippen LogP contribution in [0.1, 0.15) is 5.69 Å². The fourth-order valence-electron chi connectivity index (χ4n) is 3.20. The lowest BCUT2D eigenvalue weighted by molar-refractivity contribution is -0.385. The first-order valence-corrected chi connectivity index (χ1v) is 8.66. The predicted molar refractivity (Wildman–Crippen MR) is 98.6 cm³/mol. The number of imidazole rings is 1. The predicted octanol–water partition coefficient (Wildman–Crippen LogP) is 1.53. The number of carbonyl (C=O) groups excluding carboxylic acids is 1. The minimum absolute atomic E-state index is 0.0278. The maximum atomic E-state index is 12.6. The van der Waals surface area contributed by atoms with Crippen molar-refractivity contribution in [2.45, 2.75) is 6.42 Å². The summed E-state index contributed by atoms with van der Waals surface area (Å²) in [7, 11) is 0. The molecule has 0 unspecified atom stereocenters. The Morgan fingerprint density at radius 2 is 1.96 bits per heavy atom. The van der Waals surface area contributed by atoms with Gasteiger partial charge in [-0.05, 0) is 18.2 Å². The van der Waals surface area contributed by atoms with Gasteiger partial charge in [-0.1, -0.05) is 6.07 Å². The van der Waals surface area contributed by atoms with E-state index in [0.717, 1.165) is 11.3 Å². The van der Waals surface area contributed by atoms with Gasteiger partial charge in [0, 0.05) is 44.6 Å². The molecule has 0 saturated carbocycles. The molecular formula is C18H18N6O3. The number of amides is 1. The topological polar surface area (TPSA) is 96.9 Å². The van der Waals surface area contributed by atoms with Crippen LogP contribution in [0, 0.1) is 10.1 Å². The van der Waals surface area contributed by atoms with Crippen LogP contribution in [-0.4, -0.2) is 56.3 Å². The number of piperazine rings is 1. The molecule has 3 aromatic heterocycles. The molecule has 4 heterocycles. The Bertz CT molecular complexity index is 943. The maximum absolute atomic E-state index is 12.6. The lowest BCUT2D eigenvalue weighted by atomic mass is 10.2. The van der Waals surface area contributed by atoms with Crippen molar-refractivity contribution in [1.29, 1.82) is 0 Å². The number of anilines is 1. The number of nitro groups is 1. The molecule has 0 aliphatic carbocycles. The highest BCUT2D eigenvalue weighted by Crippen LogP contribution is 2.17. The zero-order valence-corrected chi connectivity index (χ0v) is 14.6. The van der Waals surface area contributed by atoms with Crippen molar-refractivity contribution in [3.8, 4) is 0 Å². The molecule has 1 saturated heterocycles. The van der Waals surface area contributed by atoms with Crippen LogP contribution in [0.25, 0.3) is 5.65 Å². The van der Waals surface area contributed by atoms with Gasteiger partial charge < -0.3 is 14.2 Å². The highest BCUT2D eigenvalue weighted by molar-refractivity contribution is 5.78. The van der Waals surface area contributed by atoms with Crippen molar-refractivity contribution in [2.75, 3.05) is 31.1 Å². The second kappa shape index (κ2) is 7.02. The Morgan fingerprint density at radius 3 is 2.63 bits per heavy atom. The lowest BCUT2D eigenvalue weighted by Crippen LogP contribution is -2.49. The average Bonchev–Trinajstić information content (AvgIpc) is 3.10. The van der Waals surface area contributed by atoms with Crippen LogP contribution in [0.2, 0.25) is 0 Å². The molecule has 9 nitrogen and oxygen atoms in total. The van der Waals surface area contributed by atoms with E-state index in [4.69, 9.17) is 0 Å². The van der Waals surface area contributed by atoms with Crippen molar-refractivity contribution in [3.63, 3.8) is 0 Å². The summed E-state index contributed by atoms with van der Waals surface area (Å²) in [4.78, 5) is 35.3. The van der Waals surface area contributed by atoms with Crippen LogP contribution in [0.4, 0.5) is 11.5 Å². The third kappa shape index (κ3) is 3.57. The lowest BCUT2D eigenvalue weighted by Gasteiger charge is -2.35. The molecule has 27 heavy (non-hydrogen) atoms. The standard InChI is InChI=1S/C18H18N6O3/c25-18(11-14-13-23-6-2-1-3-17(23)20-14)22-9-7-21(8-10-22)16-5-4-15(12-19-16)24(26)27/h1-6,12-13H,7-11H2. The van der Waals surface area contributed by atoms with Crippen LogP contribution < -0.4 is 4.90 Å². The van der Waals surface area contributed by atoms with Gasteiger partial charge in [0.1, 0.15) is 17.7 Å². The summed E-state index contributed by atoms with van der Waals surface area (Å²) in [6, 6.07) is 8.84. The monoisotopic (exact) mass is 366 g/mol. The molecule has 0 bridgehead atoms. The smallest absolute Gasteiger partial charge is 0.287 e. The van der Waals surface area contributed by atoms with E-state index in [1.807, 2.05) is 44.8 Å². The molecule has 1 aliphatic heterocycles. The SMILES string of the molecule is O=C(Cc1cn2ccccc2n1)N1CCN(c2ccc([N+](=O)[O-])cn2)CC1. The minimum atomic E-state index is -0.466. The second-order valence-corrected chi connectivity index (χ2v) is 6.37. The highest BCUT2D eigenvalue weighted by atomic mass is 16.6. The van der Waals surface area contributed by atoms with Crippen molar-refractivity contribution >= 4 is 23.1 Å². The summed E-state index contributed by atoms with van der Waals surface area (Å²) in [5, 5.41) is 10.7. The summed E-state index contributed by atoms with van der Waals surface area (Å²) in [6.45, 7) is 2.46. The molecule has 9 heteroatoms. The first kappa shape index (κ1) is 17.0. The van der Waals surface area contributed by atoms with E-state index in [9.17, 15) is 14.9 Å². The number of fused-ring (bicyclic) bond motifs is 1. The largest absolute Gasteiger partial charge is 0.353 e. The van der Waals surface area contributed by atoms with Crippen LogP contribution >= 0.6 is 0 Å². The number of rotatable bonds is 4. The number of hydrogen-bond acceptors (Lipinski definition) is 6. The van der Waals surface area contributed by atoms with Crippen LogP contribution in [-0.2, 0) is 11.2 Å². The van der Waals surface area contributed by atoms with Gasteiger partial charge in [-0.3, -0.25) is 14.9 Å². The van der Waals surface area contributed by atoms with Gasteiger partial charge in [-0.25, -0.2) is 9.97 Å². The van der Waals surface area contributed by atoms with Gasteiger partial charge >= 0.3 is 0 Å². The van der Waals surface area contributed by atoms with Gasteiger partial charge in [0.2, 0.25) is 5.91 Å². The minimum Gasteiger partial charge on any atom is -0.353 e. The third-order valence-corrected chi connectivity index (χ3v) is 4.65. The van der Waals surface area contributed by atoms with Crippen LogP contribution in [0.15, 0.2) is 48.9 Å². The maximum Gasteiger partial charge on any atom is 0.287 e. The van der Waals surface area contributed by atoms with Crippen molar-refractivity contribution in [1.82, 2.24) is 19.3 Å². The summed E-state index contributed by atoms with van der Waals surface area (Å²) >= 11 is 0. The average molecular weight is 366 g/mol. The van der Waals surface area contributed by atoms with Gasteiger partial charge in [0.05, 0.1) is 17.0 Å². The number of nitrogens with zero attached hydrogens (tertiary/aromatic N) is 6. The van der Waals surface area contributed by atoms with E-state index >= 15 is 0 Å². The molecule has 3 aromatic rings. The summed E-state index contributed by atoms with van der Waals surface area (Å²) in [6.07, 6.45) is 5.32. The summed E-state index contributed by atoms with van der Waals surface area (Å²) < 4.78 is 1.90. The van der Waals surface area contributed by atoms with E-state index in [1.54, 1.807) is 6.07 Å². The van der Waals surface area contributed by atoms with Gasteiger partial charge in [-0.2, -0.15) is 0 Å². The van der Waals surface area contributed by atoms with E-state index in [0.29, 0.717) is 32.0 Å². The molecule has 1 aliphatic rings. The van der Waals surface area contributed by atoms with E-state index in [2.05, 4.69) is 9.97 Å². The molecule has 0 aromatic carbocycles. The fourth-order valence-corrected chi connectivity index (χ4v) is 3.20. The second-order valence-electron chi connectivity index (χ2n) is 6.37. The number of aromatic nitrogens is 3. The van der Waals surface area contributed by atoms with Crippen molar-refractivity contribution in [3.05, 3.63) is 64.7 Å². The van der Waals surface area contributed by atoms with E-state index in [1.165, 1.54) is 12.3 Å². The van der Waals surface area contributed by atoms with Gasteiger partial charge in [0.15, 0.2) is 0 Å². The zero-order valence-electron chi connectivity index (χ0n) is 14.6. The number of hydrogen-bond donors (Lipinski definition) is 0. The van der Waals surface area contributed by atoms with E-state index in [-0.39, 0.29) is 18.0 Å². The quantitative estimate of drug-likeness (QED) is 0.513. The number of carbonyl (C=O) groups is 1. The Balaban J connectivity index is 1.35.